The Kier molecular flexibility index (Phi) is 5.56. The highest BCUT2D eigenvalue weighted by molar-refractivity contribution is 6.05. The first-order valence-electron chi connectivity index (χ1n) is 8.61. The van der Waals surface area contributed by atoms with Gasteiger partial charge >= 0.3 is 6.03 Å². The molecule has 0 saturated heterocycles. The summed E-state index contributed by atoms with van der Waals surface area (Å²) in [6.45, 7) is 2.23. The molecule has 0 aromatic heterocycles. The Hall–Kier alpha value is -3.54. The number of hydrogen-bond donors (Lipinski definition) is 4. The first-order valence-corrected chi connectivity index (χ1v) is 8.61. The zero-order valence-corrected chi connectivity index (χ0v) is 15.0. The topological polar surface area (TPSA) is 90.5 Å². The van der Waals surface area contributed by atoms with Crippen LogP contribution in [0.5, 0.6) is 5.75 Å². The van der Waals surface area contributed by atoms with Crippen molar-refractivity contribution in [3.63, 3.8) is 0 Å². The Morgan fingerprint density at radius 3 is 2.33 bits per heavy atom. The molecule has 6 nitrogen and oxygen atoms in total. The molecule has 0 aliphatic carbocycles. The third-order valence-corrected chi connectivity index (χ3v) is 4.16. The summed E-state index contributed by atoms with van der Waals surface area (Å²) in [5.41, 5.74) is 2.72. The Morgan fingerprint density at radius 1 is 0.889 bits per heavy atom. The average molecular weight is 363 g/mol. The zero-order valence-electron chi connectivity index (χ0n) is 15.0. The van der Waals surface area contributed by atoms with E-state index in [4.69, 9.17) is 0 Å². The maximum Gasteiger partial charge on any atom is 0.315 e. The van der Waals surface area contributed by atoms with Crippen LogP contribution in [0.25, 0.3) is 10.8 Å². The van der Waals surface area contributed by atoms with E-state index in [0.717, 1.165) is 16.5 Å². The molecule has 0 saturated carbocycles. The number of benzene rings is 3. The first kappa shape index (κ1) is 18.3. The SMILES string of the molecule is Cc1ccc(CNC(=O)NCC(=O)Nc2ccc(O)c3ccccc23)cc1. The third-order valence-electron chi connectivity index (χ3n) is 4.16. The van der Waals surface area contributed by atoms with Crippen molar-refractivity contribution in [2.75, 3.05) is 11.9 Å². The number of amides is 3. The lowest BCUT2D eigenvalue weighted by molar-refractivity contribution is -0.115. The molecule has 3 amide bonds. The fourth-order valence-electron chi connectivity index (χ4n) is 2.70. The number of aromatic hydroxyl groups is 1. The van der Waals surface area contributed by atoms with Gasteiger partial charge < -0.3 is 21.1 Å². The number of phenols is 1. The Balaban J connectivity index is 1.52. The van der Waals surface area contributed by atoms with Gasteiger partial charge in [-0.2, -0.15) is 0 Å². The van der Waals surface area contributed by atoms with Crippen molar-refractivity contribution in [1.29, 1.82) is 0 Å². The van der Waals surface area contributed by atoms with E-state index < -0.39 is 6.03 Å². The van der Waals surface area contributed by atoms with Crippen molar-refractivity contribution in [2.24, 2.45) is 0 Å². The summed E-state index contributed by atoms with van der Waals surface area (Å²) in [5.74, 6) is -0.200. The van der Waals surface area contributed by atoms with Gasteiger partial charge in [0.2, 0.25) is 5.91 Å². The smallest absolute Gasteiger partial charge is 0.315 e. The summed E-state index contributed by atoms with van der Waals surface area (Å²) in [6, 6.07) is 17.8. The highest BCUT2D eigenvalue weighted by atomic mass is 16.3. The summed E-state index contributed by atoms with van der Waals surface area (Å²) >= 11 is 0. The average Bonchev–Trinajstić information content (AvgIpc) is 2.68. The number of carbonyl (C=O) groups excluding carboxylic acids is 2. The summed E-state index contributed by atoms with van der Waals surface area (Å²) in [5, 5.41) is 19.3. The summed E-state index contributed by atoms with van der Waals surface area (Å²) in [6.07, 6.45) is 0. The minimum Gasteiger partial charge on any atom is -0.507 e. The quantitative estimate of drug-likeness (QED) is 0.524. The van der Waals surface area contributed by atoms with Crippen LogP contribution in [0.15, 0.2) is 60.7 Å². The lowest BCUT2D eigenvalue weighted by Gasteiger charge is -2.11. The molecule has 0 fully saturated rings. The van der Waals surface area contributed by atoms with E-state index in [9.17, 15) is 14.7 Å². The molecule has 0 spiro atoms. The van der Waals surface area contributed by atoms with Crippen molar-refractivity contribution in [3.8, 4) is 5.75 Å². The second kappa shape index (κ2) is 8.23. The third kappa shape index (κ3) is 4.76. The zero-order chi connectivity index (χ0) is 19.2. The molecule has 3 rings (SSSR count). The normalized spacial score (nSPS) is 10.4. The molecule has 6 heteroatoms. The van der Waals surface area contributed by atoms with Crippen LogP contribution in [0.4, 0.5) is 10.5 Å². The number of urea groups is 1. The van der Waals surface area contributed by atoms with Gasteiger partial charge in [0.05, 0.1) is 6.54 Å². The maximum absolute atomic E-state index is 12.1. The highest BCUT2D eigenvalue weighted by Crippen LogP contribution is 2.30. The van der Waals surface area contributed by atoms with Crippen molar-refractivity contribution in [3.05, 3.63) is 71.8 Å². The molecular weight excluding hydrogens is 342 g/mol. The standard InChI is InChI=1S/C21H21N3O3/c1-14-6-8-15(9-7-14)12-22-21(27)23-13-20(26)24-18-10-11-19(25)17-5-3-2-4-16(17)18/h2-11,25H,12-13H2,1H3,(H,24,26)(H2,22,23,27). The van der Waals surface area contributed by atoms with Crippen molar-refractivity contribution >= 4 is 28.4 Å². The number of hydrogen-bond acceptors (Lipinski definition) is 3. The summed E-state index contributed by atoms with van der Waals surface area (Å²) < 4.78 is 0. The van der Waals surface area contributed by atoms with Crippen LogP contribution in [0.1, 0.15) is 11.1 Å². The molecule has 0 aliphatic rings. The van der Waals surface area contributed by atoms with Gasteiger partial charge in [-0.3, -0.25) is 4.79 Å². The van der Waals surface area contributed by atoms with E-state index >= 15 is 0 Å². The summed E-state index contributed by atoms with van der Waals surface area (Å²) in [7, 11) is 0. The number of aryl methyl sites for hydroxylation is 1. The van der Waals surface area contributed by atoms with Gasteiger partial charge in [0.25, 0.3) is 0 Å². The monoisotopic (exact) mass is 363 g/mol. The van der Waals surface area contributed by atoms with Crippen LogP contribution in [0.3, 0.4) is 0 Å². The van der Waals surface area contributed by atoms with Crippen LogP contribution >= 0.6 is 0 Å². The van der Waals surface area contributed by atoms with Gasteiger partial charge in [0.1, 0.15) is 5.75 Å². The molecule has 0 heterocycles. The number of rotatable bonds is 5. The molecular formula is C21H21N3O3. The minimum absolute atomic E-state index is 0.150. The molecule has 0 unspecified atom stereocenters. The van der Waals surface area contributed by atoms with Crippen LogP contribution < -0.4 is 16.0 Å². The molecule has 3 aromatic rings. The lowest BCUT2D eigenvalue weighted by Crippen LogP contribution is -2.39. The number of nitrogens with one attached hydrogen (secondary N) is 3. The van der Waals surface area contributed by atoms with Crippen molar-refractivity contribution in [1.82, 2.24) is 10.6 Å². The van der Waals surface area contributed by atoms with Gasteiger partial charge in [-0.1, -0.05) is 54.1 Å². The Bertz CT molecular complexity index is 968. The Morgan fingerprint density at radius 2 is 1.59 bits per heavy atom. The molecule has 0 aliphatic heterocycles. The van der Waals surface area contributed by atoms with Crippen molar-refractivity contribution in [2.45, 2.75) is 13.5 Å². The van der Waals surface area contributed by atoms with E-state index in [1.54, 1.807) is 12.1 Å². The van der Waals surface area contributed by atoms with E-state index in [2.05, 4.69) is 16.0 Å². The van der Waals surface area contributed by atoms with Gasteiger partial charge in [-0.25, -0.2) is 4.79 Å². The molecule has 27 heavy (non-hydrogen) atoms. The van der Waals surface area contributed by atoms with E-state index in [1.165, 1.54) is 6.07 Å². The largest absolute Gasteiger partial charge is 0.507 e. The van der Waals surface area contributed by atoms with Gasteiger partial charge in [0, 0.05) is 23.0 Å². The molecule has 3 aromatic carbocycles. The molecule has 0 radical (unpaired) electrons. The number of anilines is 1. The van der Waals surface area contributed by atoms with E-state index in [1.807, 2.05) is 49.4 Å². The van der Waals surface area contributed by atoms with Crippen LogP contribution in [0.2, 0.25) is 0 Å². The second-order valence-electron chi connectivity index (χ2n) is 6.25. The van der Waals surface area contributed by atoms with E-state index in [0.29, 0.717) is 17.6 Å². The fourth-order valence-corrected chi connectivity index (χ4v) is 2.70. The fraction of sp³-hybridized carbons (Fsp3) is 0.143. The number of fused-ring (bicyclic) bond motifs is 1. The first-order chi connectivity index (χ1) is 13.0. The van der Waals surface area contributed by atoms with E-state index in [-0.39, 0.29) is 18.2 Å². The highest BCUT2D eigenvalue weighted by Gasteiger charge is 2.09. The van der Waals surface area contributed by atoms with Gasteiger partial charge in [-0.15, -0.1) is 0 Å². The molecule has 0 bridgehead atoms. The minimum atomic E-state index is -0.415. The van der Waals surface area contributed by atoms with Gasteiger partial charge in [0.15, 0.2) is 0 Å². The predicted molar refractivity (Wildman–Crippen MR) is 106 cm³/mol. The van der Waals surface area contributed by atoms with Gasteiger partial charge in [-0.05, 0) is 24.6 Å². The lowest BCUT2D eigenvalue weighted by atomic mass is 10.1. The van der Waals surface area contributed by atoms with Crippen LogP contribution in [-0.2, 0) is 11.3 Å². The summed E-state index contributed by atoms with van der Waals surface area (Å²) in [4.78, 5) is 24.0. The molecule has 138 valence electrons. The van der Waals surface area contributed by atoms with Crippen molar-refractivity contribution < 1.29 is 14.7 Å². The van der Waals surface area contributed by atoms with Crippen LogP contribution in [0, 0.1) is 6.92 Å². The Labute approximate surface area is 157 Å². The molecule has 4 N–H and O–H groups in total. The second-order valence-corrected chi connectivity index (χ2v) is 6.25. The number of phenolic OH excluding ortho intramolecular Hbond substituents is 1. The van der Waals surface area contributed by atoms with Crippen LogP contribution in [-0.4, -0.2) is 23.6 Å². The molecule has 0 atom stereocenters. The number of carbonyl (C=O) groups is 2. The predicted octanol–water partition coefficient (Wildman–Crippen LogP) is 3.29. The maximum atomic E-state index is 12.1.